The highest BCUT2D eigenvalue weighted by Gasteiger charge is 2.33. The van der Waals surface area contributed by atoms with Crippen LogP contribution in [0.25, 0.3) is 10.9 Å². The number of ether oxygens (including phenoxy) is 2. The zero-order valence-electron chi connectivity index (χ0n) is 19.2. The molecular weight excluding hydrogens is 507 g/mol. The van der Waals surface area contributed by atoms with E-state index in [0.29, 0.717) is 22.4 Å². The van der Waals surface area contributed by atoms with Crippen molar-refractivity contribution in [3.05, 3.63) is 88.7 Å². The number of alkyl halides is 3. The van der Waals surface area contributed by atoms with Crippen LogP contribution >= 0.6 is 11.8 Å². The maximum atomic E-state index is 13.3. The summed E-state index contributed by atoms with van der Waals surface area (Å²) in [6, 6.07) is 18.7. The summed E-state index contributed by atoms with van der Waals surface area (Å²) in [5.74, 6) is 0.231. The number of carbonyl (C=O) groups excluding carboxylic acids is 1. The molecule has 1 atom stereocenters. The molecule has 5 rings (SSSR count). The molecule has 37 heavy (non-hydrogen) atoms. The standard InChI is InChI=1S/C26H20F3N3O4S/c27-26(28,29)18-8-2-4-10-20(18)30-23(33)15-37-25-31-19-9-3-1-7-17(19)24(34)32(25)13-16-14-35-21-11-5-6-12-22(21)36-16/h1-12,16H,13-15H2,(H,30,33)/t16-/m1/s1. The van der Waals surface area contributed by atoms with Crippen LogP contribution in [0.5, 0.6) is 11.5 Å². The van der Waals surface area contributed by atoms with Crippen molar-refractivity contribution in [1.82, 2.24) is 9.55 Å². The lowest BCUT2D eigenvalue weighted by Gasteiger charge is -2.27. The van der Waals surface area contributed by atoms with E-state index in [1.807, 2.05) is 12.1 Å². The summed E-state index contributed by atoms with van der Waals surface area (Å²) in [5.41, 5.74) is -1.15. The summed E-state index contributed by atoms with van der Waals surface area (Å²) in [5, 5.41) is 2.95. The molecule has 1 aliphatic rings. The number of thioether (sulfide) groups is 1. The van der Waals surface area contributed by atoms with Gasteiger partial charge >= 0.3 is 6.18 Å². The first kappa shape index (κ1) is 24.7. The largest absolute Gasteiger partial charge is 0.486 e. The van der Waals surface area contributed by atoms with Crippen LogP contribution in [0.2, 0.25) is 0 Å². The van der Waals surface area contributed by atoms with Crippen LogP contribution < -0.4 is 20.3 Å². The van der Waals surface area contributed by atoms with Crippen molar-refractivity contribution in [2.75, 3.05) is 17.7 Å². The van der Waals surface area contributed by atoms with Gasteiger partial charge in [0.25, 0.3) is 5.56 Å². The maximum absolute atomic E-state index is 13.3. The van der Waals surface area contributed by atoms with Gasteiger partial charge in [0.2, 0.25) is 5.91 Å². The molecule has 0 aliphatic carbocycles. The smallest absolute Gasteiger partial charge is 0.418 e. The minimum atomic E-state index is -4.61. The molecule has 0 saturated heterocycles. The molecule has 7 nitrogen and oxygen atoms in total. The number of fused-ring (bicyclic) bond motifs is 2. The number of amides is 1. The number of rotatable bonds is 6. The molecule has 0 spiro atoms. The summed E-state index contributed by atoms with van der Waals surface area (Å²) in [4.78, 5) is 30.5. The zero-order valence-corrected chi connectivity index (χ0v) is 20.0. The molecule has 2 heterocycles. The third kappa shape index (κ3) is 5.41. The summed E-state index contributed by atoms with van der Waals surface area (Å²) < 4.78 is 53.0. The number of benzene rings is 3. The fourth-order valence-corrected chi connectivity index (χ4v) is 4.74. The molecule has 1 aromatic heterocycles. The van der Waals surface area contributed by atoms with Gasteiger partial charge in [0, 0.05) is 0 Å². The van der Waals surface area contributed by atoms with Crippen molar-refractivity contribution in [2.24, 2.45) is 0 Å². The molecule has 190 valence electrons. The van der Waals surface area contributed by atoms with Crippen LogP contribution in [0, 0.1) is 0 Å². The fourth-order valence-electron chi connectivity index (χ4n) is 3.93. The highest BCUT2D eigenvalue weighted by molar-refractivity contribution is 7.99. The molecule has 3 aromatic carbocycles. The number of anilines is 1. The van der Waals surface area contributed by atoms with Crippen LogP contribution in [0.1, 0.15) is 5.56 Å². The van der Waals surface area contributed by atoms with Crippen LogP contribution in [0.4, 0.5) is 18.9 Å². The van der Waals surface area contributed by atoms with E-state index in [1.165, 1.54) is 22.8 Å². The molecule has 0 fully saturated rings. The first-order chi connectivity index (χ1) is 17.8. The Hall–Kier alpha value is -3.99. The van der Waals surface area contributed by atoms with Crippen molar-refractivity contribution in [3.63, 3.8) is 0 Å². The zero-order chi connectivity index (χ0) is 26.0. The first-order valence-electron chi connectivity index (χ1n) is 11.3. The van der Waals surface area contributed by atoms with E-state index in [0.717, 1.165) is 17.8 Å². The fraction of sp³-hybridized carbons (Fsp3) is 0.192. The Kier molecular flexibility index (Phi) is 6.79. The summed E-state index contributed by atoms with van der Waals surface area (Å²) in [7, 11) is 0. The van der Waals surface area contributed by atoms with E-state index in [9.17, 15) is 22.8 Å². The second kappa shape index (κ2) is 10.2. The third-order valence-electron chi connectivity index (χ3n) is 5.62. The lowest BCUT2D eigenvalue weighted by atomic mass is 10.1. The number of hydrogen-bond acceptors (Lipinski definition) is 6. The van der Waals surface area contributed by atoms with Crippen LogP contribution in [0.15, 0.2) is 82.7 Å². The summed E-state index contributed by atoms with van der Waals surface area (Å²) in [6.45, 7) is 0.307. The van der Waals surface area contributed by atoms with Crippen molar-refractivity contribution in [1.29, 1.82) is 0 Å². The third-order valence-corrected chi connectivity index (χ3v) is 6.60. The van der Waals surface area contributed by atoms with Gasteiger partial charge < -0.3 is 14.8 Å². The van der Waals surface area contributed by atoms with E-state index < -0.39 is 23.8 Å². The number of nitrogens with one attached hydrogen (secondary N) is 1. The Morgan fingerprint density at radius 1 is 1.03 bits per heavy atom. The van der Waals surface area contributed by atoms with Crippen LogP contribution in [-0.4, -0.2) is 33.9 Å². The predicted molar refractivity (Wildman–Crippen MR) is 133 cm³/mol. The number of aromatic nitrogens is 2. The van der Waals surface area contributed by atoms with Gasteiger partial charge in [-0.1, -0.05) is 48.2 Å². The van der Waals surface area contributed by atoms with Gasteiger partial charge in [0.1, 0.15) is 6.61 Å². The molecule has 0 saturated carbocycles. The molecule has 0 unspecified atom stereocenters. The summed E-state index contributed by atoms with van der Waals surface area (Å²) in [6.07, 6.45) is -5.11. The molecule has 0 radical (unpaired) electrons. The van der Waals surface area contributed by atoms with Gasteiger partial charge in [-0.15, -0.1) is 0 Å². The normalized spacial score (nSPS) is 14.9. The average molecular weight is 528 g/mol. The molecule has 1 amide bonds. The van der Waals surface area contributed by atoms with Gasteiger partial charge in [0.05, 0.1) is 34.5 Å². The predicted octanol–water partition coefficient (Wildman–Crippen LogP) is 4.99. The SMILES string of the molecule is O=C(CSc1nc2ccccc2c(=O)n1C[C@@H]1COc2ccccc2O1)Nc1ccccc1C(F)(F)F. The monoisotopic (exact) mass is 527 g/mol. The van der Waals surface area contributed by atoms with E-state index in [2.05, 4.69) is 10.3 Å². The van der Waals surface area contributed by atoms with E-state index in [4.69, 9.17) is 9.47 Å². The minimum absolute atomic E-state index is 0.103. The van der Waals surface area contributed by atoms with Gasteiger partial charge in [-0.3, -0.25) is 14.2 Å². The molecule has 11 heteroatoms. The Morgan fingerprint density at radius 3 is 2.54 bits per heavy atom. The number of hydrogen-bond donors (Lipinski definition) is 1. The molecule has 0 bridgehead atoms. The Bertz CT molecular complexity index is 1520. The topological polar surface area (TPSA) is 82.5 Å². The van der Waals surface area contributed by atoms with Crippen molar-refractivity contribution in [3.8, 4) is 11.5 Å². The lowest BCUT2D eigenvalue weighted by Crippen LogP contribution is -2.37. The van der Waals surface area contributed by atoms with E-state index >= 15 is 0 Å². The number of nitrogens with zero attached hydrogens (tertiary/aromatic N) is 2. The van der Waals surface area contributed by atoms with E-state index in [1.54, 1.807) is 36.4 Å². The number of carbonyl (C=O) groups is 1. The van der Waals surface area contributed by atoms with Crippen molar-refractivity contribution < 1.29 is 27.4 Å². The molecule has 4 aromatic rings. The first-order valence-corrected chi connectivity index (χ1v) is 12.2. The lowest BCUT2D eigenvalue weighted by molar-refractivity contribution is -0.137. The number of halogens is 3. The Balaban J connectivity index is 1.38. The number of para-hydroxylation sites is 4. The highest BCUT2D eigenvalue weighted by Crippen LogP contribution is 2.35. The Morgan fingerprint density at radius 2 is 1.73 bits per heavy atom. The van der Waals surface area contributed by atoms with Gasteiger partial charge in [-0.25, -0.2) is 4.98 Å². The Labute approximate surface area is 213 Å². The second-order valence-corrected chi connectivity index (χ2v) is 9.15. The molecular formula is C26H20F3N3O4S. The van der Waals surface area contributed by atoms with Crippen molar-refractivity contribution in [2.45, 2.75) is 24.0 Å². The van der Waals surface area contributed by atoms with Crippen LogP contribution in [0.3, 0.4) is 0 Å². The van der Waals surface area contributed by atoms with Crippen LogP contribution in [-0.2, 0) is 17.5 Å². The highest BCUT2D eigenvalue weighted by atomic mass is 32.2. The molecule has 1 N–H and O–H groups in total. The van der Waals surface area contributed by atoms with Gasteiger partial charge in [-0.2, -0.15) is 13.2 Å². The molecule has 1 aliphatic heterocycles. The second-order valence-electron chi connectivity index (χ2n) is 8.21. The van der Waals surface area contributed by atoms with Gasteiger partial charge in [-0.05, 0) is 36.4 Å². The summed E-state index contributed by atoms with van der Waals surface area (Å²) >= 11 is 0.953. The van der Waals surface area contributed by atoms with E-state index in [-0.39, 0.29) is 35.3 Å². The quantitative estimate of drug-likeness (QED) is 0.281. The maximum Gasteiger partial charge on any atom is 0.418 e. The van der Waals surface area contributed by atoms with Gasteiger partial charge in [0.15, 0.2) is 22.8 Å². The van der Waals surface area contributed by atoms with Crippen molar-refractivity contribution >= 4 is 34.3 Å². The average Bonchev–Trinajstić information content (AvgIpc) is 2.89. The minimum Gasteiger partial charge on any atom is -0.486 e.